The first-order valence-electron chi connectivity index (χ1n) is 5.32. The number of rotatable bonds is 3. The molecule has 4 nitrogen and oxygen atoms in total. The third-order valence-electron chi connectivity index (χ3n) is 2.62. The van der Waals surface area contributed by atoms with Crippen LogP contribution in [-0.4, -0.2) is 12.1 Å². The number of hydrogen-bond donors (Lipinski definition) is 1. The molecular weight excluding hydrogens is 204 g/mol. The molecule has 0 amide bonds. The number of nitrogens with zero attached hydrogens (tertiary/aromatic N) is 1. The maximum atomic E-state index is 5.98. The van der Waals surface area contributed by atoms with E-state index >= 15 is 0 Å². The molecule has 1 aromatic carbocycles. The lowest BCUT2D eigenvalue weighted by Gasteiger charge is -2.10. The van der Waals surface area contributed by atoms with Crippen LogP contribution >= 0.6 is 0 Å². The summed E-state index contributed by atoms with van der Waals surface area (Å²) in [5, 5.41) is 0. The van der Waals surface area contributed by atoms with Gasteiger partial charge >= 0.3 is 0 Å². The molecule has 0 aliphatic carbocycles. The molecule has 0 aliphatic heterocycles. The smallest absolute Gasteiger partial charge is 0.212 e. The van der Waals surface area contributed by atoms with E-state index in [1.165, 1.54) is 0 Å². The minimum Gasteiger partial charge on any atom is -0.497 e. The van der Waals surface area contributed by atoms with Crippen molar-refractivity contribution in [2.75, 3.05) is 7.11 Å². The number of oxazole rings is 1. The highest BCUT2D eigenvalue weighted by Crippen LogP contribution is 2.25. The van der Waals surface area contributed by atoms with Crippen molar-refractivity contribution in [3.63, 3.8) is 0 Å². The zero-order valence-corrected chi connectivity index (χ0v) is 9.73. The summed E-state index contributed by atoms with van der Waals surface area (Å²) < 4.78 is 10.7. The van der Waals surface area contributed by atoms with Gasteiger partial charge < -0.3 is 14.9 Å². The molecule has 4 heteroatoms. The van der Waals surface area contributed by atoms with E-state index in [1.54, 1.807) is 7.11 Å². The Labute approximate surface area is 94.4 Å². The summed E-state index contributed by atoms with van der Waals surface area (Å²) in [6.07, 6.45) is 0. The molecule has 1 atom stereocenters. The van der Waals surface area contributed by atoms with Gasteiger partial charge in [0.1, 0.15) is 11.3 Å². The van der Waals surface area contributed by atoms with Crippen molar-refractivity contribution in [1.29, 1.82) is 0 Å². The number of nitrogens with two attached hydrogens (primary N) is 1. The molecule has 0 radical (unpaired) electrons. The molecule has 2 rings (SSSR count). The predicted molar refractivity (Wildman–Crippen MR) is 62.3 cm³/mol. The van der Waals surface area contributed by atoms with Gasteiger partial charge in [-0.25, -0.2) is 4.98 Å². The first-order valence-corrected chi connectivity index (χ1v) is 5.32. The Balaban J connectivity index is 2.43. The molecule has 1 unspecified atom stereocenters. The van der Waals surface area contributed by atoms with Gasteiger partial charge in [0.25, 0.3) is 0 Å². The molecule has 0 spiro atoms. The molecule has 0 saturated carbocycles. The Morgan fingerprint density at radius 1 is 1.38 bits per heavy atom. The van der Waals surface area contributed by atoms with Gasteiger partial charge in [0.2, 0.25) is 5.89 Å². The molecule has 0 aliphatic rings. The average Bonchev–Trinajstić information content (AvgIpc) is 2.69. The van der Waals surface area contributed by atoms with Gasteiger partial charge in [0, 0.05) is 6.07 Å². The van der Waals surface area contributed by atoms with Crippen LogP contribution in [-0.2, 0) is 0 Å². The van der Waals surface area contributed by atoms with Gasteiger partial charge in [-0.05, 0) is 18.1 Å². The number of benzene rings is 1. The number of methoxy groups -OCH3 is 1. The second-order valence-electron chi connectivity index (χ2n) is 4.16. The van der Waals surface area contributed by atoms with Crippen molar-refractivity contribution < 1.29 is 9.15 Å². The van der Waals surface area contributed by atoms with Gasteiger partial charge in [0.05, 0.1) is 13.2 Å². The van der Waals surface area contributed by atoms with Gasteiger partial charge in [0.15, 0.2) is 5.58 Å². The highest BCUT2D eigenvalue weighted by Gasteiger charge is 2.17. The van der Waals surface area contributed by atoms with Gasteiger partial charge in [-0.3, -0.25) is 0 Å². The Hall–Kier alpha value is -1.55. The zero-order chi connectivity index (χ0) is 11.7. The molecule has 0 fully saturated rings. The summed E-state index contributed by atoms with van der Waals surface area (Å²) in [6, 6.07) is 5.38. The van der Waals surface area contributed by atoms with Crippen LogP contribution in [0.5, 0.6) is 5.75 Å². The maximum Gasteiger partial charge on any atom is 0.212 e. The van der Waals surface area contributed by atoms with Crippen molar-refractivity contribution in [3.8, 4) is 5.75 Å². The van der Waals surface area contributed by atoms with Crippen LogP contribution in [0.3, 0.4) is 0 Å². The predicted octanol–water partition coefficient (Wildman–Crippen LogP) is 2.49. The Bertz CT molecular complexity index is 491. The normalized spacial score (nSPS) is 13.3. The SMILES string of the molecule is COc1ccc2nc(C(N)C(C)C)oc2c1. The van der Waals surface area contributed by atoms with E-state index < -0.39 is 0 Å². The second kappa shape index (κ2) is 4.14. The molecule has 16 heavy (non-hydrogen) atoms. The topological polar surface area (TPSA) is 61.3 Å². The largest absolute Gasteiger partial charge is 0.497 e. The van der Waals surface area contributed by atoms with E-state index in [0.29, 0.717) is 17.4 Å². The highest BCUT2D eigenvalue weighted by molar-refractivity contribution is 5.74. The van der Waals surface area contributed by atoms with Crippen LogP contribution in [0, 0.1) is 5.92 Å². The van der Waals surface area contributed by atoms with Crippen LogP contribution in [0.2, 0.25) is 0 Å². The number of hydrogen-bond acceptors (Lipinski definition) is 4. The van der Waals surface area contributed by atoms with E-state index in [9.17, 15) is 0 Å². The lowest BCUT2D eigenvalue weighted by Crippen LogP contribution is -2.16. The van der Waals surface area contributed by atoms with E-state index in [4.69, 9.17) is 14.9 Å². The summed E-state index contributed by atoms with van der Waals surface area (Å²) in [4.78, 5) is 4.36. The summed E-state index contributed by atoms with van der Waals surface area (Å²) in [7, 11) is 1.62. The quantitative estimate of drug-likeness (QED) is 0.863. The van der Waals surface area contributed by atoms with Crippen LogP contribution in [0.1, 0.15) is 25.8 Å². The van der Waals surface area contributed by atoms with Crippen LogP contribution in [0.25, 0.3) is 11.1 Å². The summed E-state index contributed by atoms with van der Waals surface area (Å²) in [5.74, 6) is 1.64. The number of fused-ring (bicyclic) bond motifs is 1. The zero-order valence-electron chi connectivity index (χ0n) is 9.73. The molecular formula is C12H16N2O2. The molecule has 2 aromatic rings. The van der Waals surface area contributed by atoms with Crippen LogP contribution in [0.15, 0.2) is 22.6 Å². The summed E-state index contributed by atoms with van der Waals surface area (Å²) >= 11 is 0. The minimum atomic E-state index is -0.168. The van der Waals surface area contributed by atoms with E-state index in [0.717, 1.165) is 11.3 Å². The van der Waals surface area contributed by atoms with Crippen molar-refractivity contribution in [2.24, 2.45) is 11.7 Å². The van der Waals surface area contributed by atoms with E-state index in [-0.39, 0.29) is 6.04 Å². The molecule has 1 heterocycles. The molecule has 86 valence electrons. The van der Waals surface area contributed by atoms with Crippen molar-refractivity contribution in [1.82, 2.24) is 4.98 Å². The molecule has 0 saturated heterocycles. The third-order valence-corrected chi connectivity index (χ3v) is 2.62. The molecule has 0 bridgehead atoms. The fourth-order valence-electron chi connectivity index (χ4n) is 1.48. The minimum absolute atomic E-state index is 0.168. The average molecular weight is 220 g/mol. The van der Waals surface area contributed by atoms with Crippen LogP contribution in [0.4, 0.5) is 0 Å². The number of ether oxygens (including phenoxy) is 1. The van der Waals surface area contributed by atoms with E-state index in [2.05, 4.69) is 4.98 Å². The maximum absolute atomic E-state index is 5.98. The summed E-state index contributed by atoms with van der Waals surface area (Å²) in [6.45, 7) is 4.08. The van der Waals surface area contributed by atoms with Gasteiger partial charge in [-0.2, -0.15) is 0 Å². The van der Waals surface area contributed by atoms with Gasteiger partial charge in [-0.1, -0.05) is 13.8 Å². The highest BCUT2D eigenvalue weighted by atomic mass is 16.5. The Kier molecular flexibility index (Phi) is 2.83. The second-order valence-corrected chi connectivity index (χ2v) is 4.16. The number of aromatic nitrogens is 1. The lowest BCUT2D eigenvalue weighted by atomic mass is 10.1. The monoisotopic (exact) mass is 220 g/mol. The summed E-state index contributed by atoms with van der Waals surface area (Å²) in [5.41, 5.74) is 7.51. The fraction of sp³-hybridized carbons (Fsp3) is 0.417. The van der Waals surface area contributed by atoms with Crippen molar-refractivity contribution in [3.05, 3.63) is 24.1 Å². The van der Waals surface area contributed by atoms with Crippen molar-refractivity contribution >= 4 is 11.1 Å². The first kappa shape index (κ1) is 11.0. The first-order chi connectivity index (χ1) is 7.61. The Morgan fingerprint density at radius 3 is 2.75 bits per heavy atom. The standard InChI is InChI=1S/C12H16N2O2/c1-7(2)11(13)12-14-9-5-4-8(15-3)6-10(9)16-12/h4-7,11H,13H2,1-3H3. The third kappa shape index (κ3) is 1.88. The van der Waals surface area contributed by atoms with Crippen LogP contribution < -0.4 is 10.5 Å². The molecule has 1 aromatic heterocycles. The molecule has 2 N–H and O–H groups in total. The van der Waals surface area contributed by atoms with Gasteiger partial charge in [-0.15, -0.1) is 0 Å². The van der Waals surface area contributed by atoms with Crippen molar-refractivity contribution in [2.45, 2.75) is 19.9 Å². The Morgan fingerprint density at radius 2 is 2.12 bits per heavy atom. The van der Waals surface area contributed by atoms with E-state index in [1.807, 2.05) is 32.0 Å². The lowest BCUT2D eigenvalue weighted by molar-refractivity contribution is 0.399. The fourth-order valence-corrected chi connectivity index (χ4v) is 1.48.